The summed E-state index contributed by atoms with van der Waals surface area (Å²) in [5.74, 6) is 0.919. The van der Waals surface area contributed by atoms with Gasteiger partial charge in [-0.15, -0.1) is 0 Å². The molecule has 2 heterocycles. The molecule has 4 aromatic rings. The predicted molar refractivity (Wildman–Crippen MR) is 109 cm³/mol. The van der Waals surface area contributed by atoms with Gasteiger partial charge in [-0.2, -0.15) is 0 Å². The van der Waals surface area contributed by atoms with E-state index in [1.165, 1.54) is 38.1 Å². The van der Waals surface area contributed by atoms with Crippen molar-refractivity contribution in [3.8, 4) is 5.75 Å². The Morgan fingerprint density at radius 3 is 2.69 bits per heavy atom. The number of hydrogen-bond acceptors (Lipinski definition) is 3. The number of pyridine rings is 1. The Hall–Kier alpha value is -2.59. The summed E-state index contributed by atoms with van der Waals surface area (Å²) in [4.78, 5) is 6.46. The van der Waals surface area contributed by atoms with Crippen LogP contribution in [0.25, 0.3) is 32.6 Å². The Balaban J connectivity index is 1.88. The van der Waals surface area contributed by atoms with Crippen molar-refractivity contribution in [2.24, 2.45) is 7.05 Å². The molecule has 0 saturated carbocycles. The fourth-order valence-electron chi connectivity index (χ4n) is 3.65. The molecule has 0 radical (unpaired) electrons. The number of rotatable bonds is 4. The molecule has 26 heavy (non-hydrogen) atoms. The minimum absolute atomic E-state index is 0.371. The van der Waals surface area contributed by atoms with Gasteiger partial charge in [-0.3, -0.25) is 4.98 Å². The zero-order valence-electron chi connectivity index (χ0n) is 16.1. The van der Waals surface area contributed by atoms with E-state index in [1.54, 1.807) is 0 Å². The van der Waals surface area contributed by atoms with E-state index in [2.05, 4.69) is 79.8 Å². The molecule has 2 aromatic carbocycles. The van der Waals surface area contributed by atoms with Gasteiger partial charge in [0, 0.05) is 47.2 Å². The number of hydrogen-bond donors (Lipinski definition) is 0. The lowest BCUT2D eigenvalue weighted by molar-refractivity contribution is 0.198. The summed E-state index contributed by atoms with van der Waals surface area (Å²) in [5.41, 5.74) is 3.79. The van der Waals surface area contributed by atoms with Crippen LogP contribution in [0.3, 0.4) is 0 Å². The van der Waals surface area contributed by atoms with Gasteiger partial charge in [-0.05, 0) is 69.2 Å². The lowest BCUT2D eigenvalue weighted by Crippen LogP contribution is -2.30. The van der Waals surface area contributed by atoms with Crippen molar-refractivity contribution in [3.63, 3.8) is 0 Å². The molecule has 0 aliphatic heterocycles. The number of likely N-dealkylation sites (N-methyl/N-ethyl adjacent to an activating group) is 1. The second-order valence-corrected chi connectivity index (χ2v) is 7.36. The van der Waals surface area contributed by atoms with Gasteiger partial charge in [0.1, 0.15) is 12.4 Å². The first-order valence-corrected chi connectivity index (χ1v) is 9.02. The maximum Gasteiger partial charge on any atom is 0.120 e. The second kappa shape index (κ2) is 6.29. The molecular weight excluding hydrogens is 322 g/mol. The Labute approximate surface area is 154 Å². The fraction of sp³-hybridized carbons (Fsp3) is 0.318. The average Bonchev–Trinajstić information content (AvgIpc) is 2.92. The van der Waals surface area contributed by atoms with Crippen molar-refractivity contribution in [1.82, 2.24) is 14.5 Å². The van der Waals surface area contributed by atoms with E-state index < -0.39 is 0 Å². The van der Waals surface area contributed by atoms with Gasteiger partial charge in [0.2, 0.25) is 0 Å². The van der Waals surface area contributed by atoms with Crippen molar-refractivity contribution in [1.29, 1.82) is 0 Å². The summed E-state index contributed by atoms with van der Waals surface area (Å²) < 4.78 is 8.33. The first-order chi connectivity index (χ1) is 12.5. The molecule has 0 fully saturated rings. The third kappa shape index (κ3) is 2.61. The standard InChI is InChI=1S/C22H25N3O/c1-14(24(3)4)13-26-17-6-7-21-19(11-17)20-10-16-12-23-9-8-18(16)15(2)22(20)25(21)5/h6-12,14H,13H2,1-5H3/t14-/m0/s1. The normalized spacial score (nSPS) is 13.2. The summed E-state index contributed by atoms with van der Waals surface area (Å²) in [6.07, 6.45) is 3.81. The number of nitrogens with zero attached hydrogens (tertiary/aromatic N) is 3. The van der Waals surface area contributed by atoms with Crippen LogP contribution in [0, 0.1) is 6.92 Å². The minimum Gasteiger partial charge on any atom is -0.492 e. The van der Waals surface area contributed by atoms with Crippen molar-refractivity contribution >= 4 is 32.6 Å². The SMILES string of the molecule is Cc1c2ccncc2cc2c3cc(OC[C@H](C)N(C)C)ccc3n(C)c12. The van der Waals surface area contributed by atoms with E-state index in [1.807, 2.05) is 12.4 Å². The van der Waals surface area contributed by atoms with E-state index in [-0.39, 0.29) is 0 Å². The smallest absolute Gasteiger partial charge is 0.120 e. The predicted octanol–water partition coefficient (Wildman–Crippen LogP) is 4.52. The Morgan fingerprint density at radius 2 is 1.92 bits per heavy atom. The highest BCUT2D eigenvalue weighted by atomic mass is 16.5. The molecule has 0 spiro atoms. The third-order valence-electron chi connectivity index (χ3n) is 5.49. The highest BCUT2D eigenvalue weighted by Gasteiger charge is 2.14. The maximum atomic E-state index is 6.05. The summed E-state index contributed by atoms with van der Waals surface area (Å²) in [7, 11) is 6.28. The molecule has 134 valence electrons. The zero-order chi connectivity index (χ0) is 18.4. The molecule has 0 bridgehead atoms. The van der Waals surface area contributed by atoms with Crippen molar-refractivity contribution < 1.29 is 4.74 Å². The van der Waals surface area contributed by atoms with Gasteiger partial charge in [0.05, 0.1) is 5.52 Å². The largest absolute Gasteiger partial charge is 0.492 e. The number of aromatic nitrogens is 2. The van der Waals surface area contributed by atoms with Gasteiger partial charge in [-0.25, -0.2) is 0 Å². The van der Waals surface area contributed by atoms with Crippen LogP contribution in [0.4, 0.5) is 0 Å². The highest BCUT2D eigenvalue weighted by molar-refractivity contribution is 6.14. The molecule has 4 rings (SSSR count). The highest BCUT2D eigenvalue weighted by Crippen LogP contribution is 2.36. The number of aryl methyl sites for hydroxylation is 2. The van der Waals surface area contributed by atoms with Crippen LogP contribution in [0.2, 0.25) is 0 Å². The Bertz CT molecular complexity index is 1110. The van der Waals surface area contributed by atoms with Gasteiger partial charge < -0.3 is 14.2 Å². The first-order valence-electron chi connectivity index (χ1n) is 9.02. The summed E-state index contributed by atoms with van der Waals surface area (Å²) >= 11 is 0. The molecule has 4 nitrogen and oxygen atoms in total. The number of ether oxygens (including phenoxy) is 1. The molecule has 0 unspecified atom stereocenters. The molecule has 0 aliphatic rings. The molecular formula is C22H25N3O. The summed E-state index contributed by atoms with van der Waals surface area (Å²) in [6.45, 7) is 5.04. The lowest BCUT2D eigenvalue weighted by atomic mass is 10.0. The van der Waals surface area contributed by atoms with Crippen LogP contribution in [-0.4, -0.2) is 41.2 Å². The maximum absolute atomic E-state index is 6.05. The molecule has 4 heteroatoms. The van der Waals surface area contributed by atoms with Gasteiger partial charge in [0.15, 0.2) is 0 Å². The molecule has 0 N–H and O–H groups in total. The summed E-state index contributed by atoms with van der Waals surface area (Å²) in [6, 6.07) is 11.1. The molecule has 0 saturated heterocycles. The van der Waals surface area contributed by atoms with Crippen LogP contribution >= 0.6 is 0 Å². The Morgan fingerprint density at radius 1 is 1.12 bits per heavy atom. The van der Waals surface area contributed by atoms with E-state index in [9.17, 15) is 0 Å². The van der Waals surface area contributed by atoms with Crippen LogP contribution in [0.15, 0.2) is 42.7 Å². The topological polar surface area (TPSA) is 30.3 Å². The molecule has 0 aliphatic carbocycles. The van der Waals surface area contributed by atoms with Crippen LogP contribution in [-0.2, 0) is 7.05 Å². The van der Waals surface area contributed by atoms with Crippen LogP contribution < -0.4 is 4.74 Å². The van der Waals surface area contributed by atoms with E-state index >= 15 is 0 Å². The van der Waals surface area contributed by atoms with E-state index in [4.69, 9.17) is 4.74 Å². The average molecular weight is 347 g/mol. The van der Waals surface area contributed by atoms with Crippen molar-refractivity contribution in [3.05, 3.63) is 48.3 Å². The minimum atomic E-state index is 0.371. The van der Waals surface area contributed by atoms with Gasteiger partial charge >= 0.3 is 0 Å². The van der Waals surface area contributed by atoms with Gasteiger partial charge in [0.25, 0.3) is 0 Å². The molecule has 2 aromatic heterocycles. The first kappa shape index (κ1) is 16.9. The van der Waals surface area contributed by atoms with Gasteiger partial charge in [-0.1, -0.05) is 0 Å². The monoisotopic (exact) mass is 347 g/mol. The van der Waals surface area contributed by atoms with E-state index in [0.717, 1.165) is 5.75 Å². The van der Waals surface area contributed by atoms with Crippen LogP contribution in [0.5, 0.6) is 5.75 Å². The lowest BCUT2D eigenvalue weighted by Gasteiger charge is -2.20. The second-order valence-electron chi connectivity index (χ2n) is 7.36. The number of fused-ring (bicyclic) bond motifs is 4. The Kier molecular flexibility index (Phi) is 4.08. The van der Waals surface area contributed by atoms with E-state index in [0.29, 0.717) is 12.6 Å². The molecule has 0 amide bonds. The third-order valence-corrected chi connectivity index (χ3v) is 5.49. The zero-order valence-corrected chi connectivity index (χ0v) is 16.1. The van der Waals surface area contributed by atoms with Crippen molar-refractivity contribution in [2.45, 2.75) is 19.9 Å². The number of benzene rings is 2. The fourth-order valence-corrected chi connectivity index (χ4v) is 3.65. The van der Waals surface area contributed by atoms with Crippen molar-refractivity contribution in [2.75, 3.05) is 20.7 Å². The van der Waals surface area contributed by atoms with Crippen LogP contribution in [0.1, 0.15) is 12.5 Å². The quantitative estimate of drug-likeness (QED) is 0.544. The summed E-state index contributed by atoms with van der Waals surface area (Å²) in [5, 5.41) is 4.92. The molecule has 1 atom stereocenters.